The molecule has 2 aromatic heterocycles. The van der Waals surface area contributed by atoms with Crippen LogP contribution in [0.5, 0.6) is 0 Å². The van der Waals surface area contributed by atoms with E-state index in [1.54, 1.807) is 0 Å². The normalized spacial score (nSPS) is 15.4. The molecule has 0 bridgehead atoms. The smallest absolute Gasteiger partial charge is 0.0637 e. The minimum absolute atomic E-state index is 0. The standard InChI is InChI=1S/C31H23N2.Ir/c1-2-12-22-21(10-1)11-9-18-23(22)24-13-3-5-16-27(24)30-20-32-31-28-17-6-4-14-25(28)26-15-7-8-19-29(26)33(30)31;/h1-8,10,12-16,19-20,23H,9,11,18H2;/q-1;. The summed E-state index contributed by atoms with van der Waals surface area (Å²) >= 11 is 0. The molecule has 7 rings (SSSR count). The molecule has 1 unspecified atom stereocenters. The third-order valence-corrected chi connectivity index (χ3v) is 7.26. The van der Waals surface area contributed by atoms with Crippen LogP contribution in [0.15, 0.2) is 97.2 Å². The molecule has 0 amide bonds. The van der Waals surface area contributed by atoms with Gasteiger partial charge in [0.2, 0.25) is 0 Å². The van der Waals surface area contributed by atoms with Crippen LogP contribution >= 0.6 is 0 Å². The van der Waals surface area contributed by atoms with Gasteiger partial charge in [-0.15, -0.1) is 29.7 Å². The summed E-state index contributed by atoms with van der Waals surface area (Å²) in [4.78, 5) is 4.94. The van der Waals surface area contributed by atoms with Gasteiger partial charge >= 0.3 is 0 Å². The number of rotatable bonds is 2. The van der Waals surface area contributed by atoms with E-state index in [1.165, 1.54) is 57.8 Å². The second kappa shape index (κ2) is 8.51. The van der Waals surface area contributed by atoms with Gasteiger partial charge in [-0.2, -0.15) is 0 Å². The maximum absolute atomic E-state index is 4.94. The molecule has 2 nitrogen and oxygen atoms in total. The summed E-state index contributed by atoms with van der Waals surface area (Å²) < 4.78 is 2.34. The van der Waals surface area contributed by atoms with E-state index in [1.807, 2.05) is 6.07 Å². The van der Waals surface area contributed by atoms with Crippen molar-refractivity contribution in [2.45, 2.75) is 25.2 Å². The average molecular weight is 616 g/mol. The van der Waals surface area contributed by atoms with Gasteiger partial charge in [-0.25, -0.2) is 0 Å². The van der Waals surface area contributed by atoms with E-state index in [4.69, 9.17) is 4.98 Å². The van der Waals surface area contributed by atoms with E-state index in [-0.39, 0.29) is 20.1 Å². The molecule has 0 fully saturated rings. The molecule has 0 spiro atoms. The van der Waals surface area contributed by atoms with Crippen LogP contribution in [0.3, 0.4) is 0 Å². The van der Waals surface area contributed by atoms with Gasteiger partial charge in [-0.1, -0.05) is 72.1 Å². The molecule has 0 aliphatic heterocycles. The molecule has 0 saturated carbocycles. The predicted molar refractivity (Wildman–Crippen MR) is 136 cm³/mol. The van der Waals surface area contributed by atoms with Gasteiger partial charge in [0.25, 0.3) is 0 Å². The Morgan fingerprint density at radius 2 is 1.56 bits per heavy atom. The van der Waals surface area contributed by atoms with Crippen LogP contribution in [0.2, 0.25) is 0 Å². The van der Waals surface area contributed by atoms with Crippen molar-refractivity contribution in [3.63, 3.8) is 0 Å². The van der Waals surface area contributed by atoms with Crippen molar-refractivity contribution < 1.29 is 20.1 Å². The fourth-order valence-corrected chi connectivity index (χ4v) is 5.82. The molecule has 1 aliphatic rings. The largest absolute Gasteiger partial charge is 0.333 e. The zero-order valence-corrected chi connectivity index (χ0v) is 21.1. The Balaban J connectivity index is 0.00000217. The van der Waals surface area contributed by atoms with Gasteiger partial charge in [0.05, 0.1) is 11.3 Å². The number of para-hydroxylation sites is 1. The quantitative estimate of drug-likeness (QED) is 0.145. The van der Waals surface area contributed by atoms with E-state index in [9.17, 15) is 0 Å². The van der Waals surface area contributed by atoms with Crippen molar-refractivity contribution in [2.75, 3.05) is 0 Å². The van der Waals surface area contributed by atoms with E-state index < -0.39 is 0 Å². The number of nitrogens with zero attached hydrogens (tertiary/aromatic N) is 2. The van der Waals surface area contributed by atoms with Gasteiger partial charge in [-0.05, 0) is 47.4 Å². The van der Waals surface area contributed by atoms with Crippen LogP contribution in [-0.2, 0) is 26.5 Å². The molecule has 1 atom stereocenters. The van der Waals surface area contributed by atoms with Crippen LogP contribution in [0, 0.1) is 6.07 Å². The summed E-state index contributed by atoms with van der Waals surface area (Å²) in [5, 5.41) is 3.51. The molecule has 34 heavy (non-hydrogen) atoms. The molecular formula is C31H23IrN2-. The number of imidazole rings is 1. The minimum Gasteiger partial charge on any atom is -0.333 e. The van der Waals surface area contributed by atoms with E-state index in [2.05, 4.69) is 102 Å². The average Bonchev–Trinajstić information content (AvgIpc) is 3.34. The summed E-state index contributed by atoms with van der Waals surface area (Å²) in [6.45, 7) is 0. The van der Waals surface area contributed by atoms with E-state index in [0.717, 1.165) is 16.7 Å². The Bertz CT molecular complexity index is 1660. The zero-order chi connectivity index (χ0) is 21.8. The van der Waals surface area contributed by atoms with E-state index >= 15 is 0 Å². The molecule has 2 heterocycles. The number of pyridine rings is 1. The molecule has 1 aliphatic carbocycles. The number of hydrogen-bond donors (Lipinski definition) is 0. The van der Waals surface area contributed by atoms with Gasteiger partial charge in [0.1, 0.15) is 0 Å². The van der Waals surface area contributed by atoms with E-state index in [0.29, 0.717) is 5.92 Å². The SMILES string of the molecule is [Ir].[c-]1cccc2c1c1ncc(-c3ccccc3C3CCCc4ccccc43)n1c1ccccc21. The fraction of sp³-hybridized carbons (Fsp3) is 0.129. The first-order valence-electron chi connectivity index (χ1n) is 11.8. The van der Waals surface area contributed by atoms with Crippen LogP contribution in [0.4, 0.5) is 0 Å². The minimum atomic E-state index is 0. The first-order valence-corrected chi connectivity index (χ1v) is 11.8. The van der Waals surface area contributed by atoms with Crippen LogP contribution in [-0.4, -0.2) is 9.38 Å². The number of aryl methyl sites for hydroxylation is 1. The Morgan fingerprint density at radius 1 is 0.794 bits per heavy atom. The summed E-state index contributed by atoms with van der Waals surface area (Å²) in [6.07, 6.45) is 5.64. The van der Waals surface area contributed by atoms with Crippen LogP contribution < -0.4 is 0 Å². The van der Waals surface area contributed by atoms with Crippen molar-refractivity contribution in [3.05, 3.63) is 120 Å². The summed E-state index contributed by atoms with van der Waals surface area (Å²) in [6, 6.07) is 36.2. The van der Waals surface area contributed by atoms with Gasteiger partial charge in [-0.3, -0.25) is 4.98 Å². The van der Waals surface area contributed by atoms with Crippen molar-refractivity contribution in [1.29, 1.82) is 0 Å². The Labute approximate surface area is 212 Å². The van der Waals surface area contributed by atoms with Gasteiger partial charge in [0, 0.05) is 43.3 Å². The number of aromatic nitrogens is 2. The van der Waals surface area contributed by atoms with Crippen LogP contribution in [0.25, 0.3) is 38.6 Å². The Hall–Kier alpha value is -3.26. The Morgan fingerprint density at radius 3 is 2.50 bits per heavy atom. The maximum Gasteiger partial charge on any atom is 0.0637 e. The van der Waals surface area contributed by atoms with Crippen molar-refractivity contribution in [1.82, 2.24) is 9.38 Å². The fourth-order valence-electron chi connectivity index (χ4n) is 5.82. The first-order chi connectivity index (χ1) is 16.4. The molecule has 4 aromatic carbocycles. The second-order valence-corrected chi connectivity index (χ2v) is 9.01. The number of fused-ring (bicyclic) bond motifs is 7. The summed E-state index contributed by atoms with van der Waals surface area (Å²) in [5.41, 5.74) is 8.95. The molecule has 3 heteroatoms. The van der Waals surface area contributed by atoms with Crippen LogP contribution in [0.1, 0.15) is 35.4 Å². The zero-order valence-electron chi connectivity index (χ0n) is 18.7. The molecule has 6 aromatic rings. The van der Waals surface area contributed by atoms with Crippen molar-refractivity contribution >= 4 is 27.3 Å². The summed E-state index contributed by atoms with van der Waals surface area (Å²) in [7, 11) is 0. The topological polar surface area (TPSA) is 17.3 Å². The Kier molecular flexibility index (Phi) is 5.32. The van der Waals surface area contributed by atoms with Gasteiger partial charge in [0.15, 0.2) is 0 Å². The van der Waals surface area contributed by atoms with Gasteiger partial charge < -0.3 is 4.40 Å². The second-order valence-electron chi connectivity index (χ2n) is 9.01. The summed E-state index contributed by atoms with van der Waals surface area (Å²) in [5.74, 6) is 0.412. The third-order valence-electron chi connectivity index (χ3n) is 7.26. The molecule has 0 N–H and O–H groups in total. The molecule has 0 saturated heterocycles. The molecular weight excluding hydrogens is 593 g/mol. The first kappa shape index (κ1) is 21.3. The predicted octanol–water partition coefficient (Wildman–Crippen LogP) is 7.57. The molecule has 167 valence electrons. The number of hydrogen-bond acceptors (Lipinski definition) is 1. The molecule has 1 radical (unpaired) electrons. The number of benzene rings is 4. The monoisotopic (exact) mass is 616 g/mol. The van der Waals surface area contributed by atoms with Crippen molar-refractivity contribution in [3.8, 4) is 11.3 Å². The maximum atomic E-state index is 4.94. The third kappa shape index (κ3) is 3.15. The van der Waals surface area contributed by atoms with Crippen molar-refractivity contribution in [2.24, 2.45) is 0 Å².